The van der Waals surface area contributed by atoms with Gasteiger partial charge in [0.15, 0.2) is 0 Å². The lowest BCUT2D eigenvalue weighted by Crippen LogP contribution is -2.44. The number of hydrogen-bond acceptors (Lipinski definition) is 4. The van der Waals surface area contributed by atoms with Crippen LogP contribution in [0.15, 0.2) is 53.1 Å². The van der Waals surface area contributed by atoms with Gasteiger partial charge in [0.25, 0.3) is 0 Å². The first-order valence-corrected chi connectivity index (χ1v) is 13.9. The van der Waals surface area contributed by atoms with Gasteiger partial charge >= 0.3 is 0 Å². The van der Waals surface area contributed by atoms with Gasteiger partial charge in [0.2, 0.25) is 10.0 Å². The van der Waals surface area contributed by atoms with Gasteiger partial charge < -0.3 is 10.1 Å². The lowest BCUT2D eigenvalue weighted by molar-refractivity contribution is 0.0338. The highest BCUT2D eigenvalue weighted by molar-refractivity contribution is 7.89. The van der Waals surface area contributed by atoms with Gasteiger partial charge in [-0.3, -0.25) is 0 Å². The molecule has 0 aliphatic carbocycles. The van der Waals surface area contributed by atoms with Gasteiger partial charge in [0, 0.05) is 22.3 Å². The van der Waals surface area contributed by atoms with Gasteiger partial charge in [-0.2, -0.15) is 0 Å². The number of benzene rings is 2. The lowest BCUT2D eigenvalue weighted by atomic mass is 9.86. The summed E-state index contributed by atoms with van der Waals surface area (Å²) in [6.07, 6.45) is 2.92. The Morgan fingerprint density at radius 1 is 1.18 bits per heavy atom. The lowest BCUT2D eigenvalue weighted by Gasteiger charge is -2.38. The minimum Gasteiger partial charge on any atom is -0.491 e. The molecule has 1 aliphatic heterocycles. The Labute approximate surface area is 217 Å². The molecule has 2 aromatic carbocycles. The van der Waals surface area contributed by atoms with Crippen molar-refractivity contribution in [3.8, 4) is 0 Å². The molecule has 4 atom stereocenters. The number of rotatable bonds is 10. The van der Waals surface area contributed by atoms with E-state index in [4.69, 9.17) is 39.5 Å². The number of ether oxygens (including phenoxy) is 1. The Kier molecular flexibility index (Phi) is 8.85. The Bertz CT molecular complexity index is 1150. The van der Waals surface area contributed by atoms with Crippen LogP contribution in [0.2, 0.25) is 10.0 Å². The highest BCUT2D eigenvalue weighted by Crippen LogP contribution is 2.36. The molecule has 0 bridgehead atoms. The van der Waals surface area contributed by atoms with E-state index in [1.165, 1.54) is 18.2 Å². The first-order chi connectivity index (χ1) is 15.9. The maximum Gasteiger partial charge on any atom is 0.242 e. The van der Waals surface area contributed by atoms with Crippen LogP contribution in [0, 0.1) is 5.92 Å². The van der Waals surface area contributed by atoms with Gasteiger partial charge in [0.05, 0.1) is 16.4 Å². The van der Waals surface area contributed by atoms with Crippen LogP contribution in [0.25, 0.3) is 6.08 Å². The van der Waals surface area contributed by atoms with Crippen molar-refractivity contribution in [2.45, 2.75) is 62.5 Å². The van der Waals surface area contributed by atoms with E-state index < -0.39 is 14.9 Å². The average molecular weight is 546 g/mol. The second-order valence-corrected chi connectivity index (χ2v) is 12.4. The SMILES string of the molecule is CCC(C)(Cl)C(OC1=Cc2ccccc2NC1)C(C)CC(C)NS(=O)(=O)c1ccc(Cl)cc1Cl. The van der Waals surface area contributed by atoms with E-state index in [0.717, 1.165) is 17.0 Å². The first-order valence-electron chi connectivity index (χ1n) is 11.3. The average Bonchev–Trinajstić information content (AvgIpc) is 2.76. The fourth-order valence-electron chi connectivity index (χ4n) is 4.21. The van der Waals surface area contributed by atoms with E-state index in [1.807, 2.05) is 58.0 Å². The van der Waals surface area contributed by atoms with Crippen LogP contribution in [-0.2, 0) is 14.8 Å². The first kappa shape index (κ1) is 27.2. The zero-order chi connectivity index (χ0) is 25.1. The second-order valence-electron chi connectivity index (χ2n) is 9.03. The molecule has 2 N–H and O–H groups in total. The molecule has 9 heteroatoms. The van der Waals surface area contributed by atoms with Crippen molar-refractivity contribution in [2.75, 3.05) is 11.9 Å². The summed E-state index contributed by atoms with van der Waals surface area (Å²) in [4.78, 5) is -0.631. The predicted octanol–water partition coefficient (Wildman–Crippen LogP) is 6.95. The van der Waals surface area contributed by atoms with Crippen LogP contribution in [0.1, 0.15) is 46.1 Å². The number of nitrogens with one attached hydrogen (secondary N) is 2. The van der Waals surface area contributed by atoms with Gasteiger partial charge in [-0.05, 0) is 62.9 Å². The van der Waals surface area contributed by atoms with E-state index in [-0.39, 0.29) is 28.0 Å². The minimum atomic E-state index is -3.82. The molecular formula is C25H31Cl3N2O3S. The third-order valence-electron chi connectivity index (χ3n) is 6.08. The third kappa shape index (κ3) is 6.61. The molecule has 0 saturated carbocycles. The Hall–Kier alpha value is -1.44. The standard InChI is InChI=1S/C25H31Cl3N2O3S/c1-5-25(4,28)24(33-20-13-18-8-6-7-9-22(18)29-15-20)16(2)12-17(3)30-34(31,32)23-11-10-19(26)14-21(23)27/h6-11,13-14,16-17,24,29-30H,5,12,15H2,1-4H3. The monoisotopic (exact) mass is 544 g/mol. The molecule has 0 radical (unpaired) electrons. The summed E-state index contributed by atoms with van der Waals surface area (Å²) < 4.78 is 35.0. The van der Waals surface area contributed by atoms with E-state index in [1.54, 1.807) is 0 Å². The molecule has 0 fully saturated rings. The van der Waals surface area contributed by atoms with Crippen molar-refractivity contribution in [3.63, 3.8) is 0 Å². The van der Waals surface area contributed by atoms with Crippen LogP contribution < -0.4 is 10.0 Å². The fourth-order valence-corrected chi connectivity index (χ4v) is 6.50. The summed E-state index contributed by atoms with van der Waals surface area (Å²) >= 11 is 18.9. The van der Waals surface area contributed by atoms with E-state index in [9.17, 15) is 8.42 Å². The van der Waals surface area contributed by atoms with Crippen LogP contribution in [-0.4, -0.2) is 32.0 Å². The highest BCUT2D eigenvalue weighted by Gasteiger charge is 2.38. The van der Waals surface area contributed by atoms with Crippen LogP contribution in [0.4, 0.5) is 5.69 Å². The van der Waals surface area contributed by atoms with Crippen molar-refractivity contribution in [1.29, 1.82) is 0 Å². The molecule has 1 aliphatic rings. The number of halogens is 3. The largest absolute Gasteiger partial charge is 0.491 e. The zero-order valence-electron chi connectivity index (χ0n) is 19.7. The van der Waals surface area contributed by atoms with Crippen molar-refractivity contribution in [1.82, 2.24) is 4.72 Å². The smallest absolute Gasteiger partial charge is 0.242 e. The highest BCUT2D eigenvalue weighted by atomic mass is 35.5. The van der Waals surface area contributed by atoms with Crippen molar-refractivity contribution in [3.05, 3.63) is 63.8 Å². The van der Waals surface area contributed by atoms with Crippen molar-refractivity contribution < 1.29 is 13.2 Å². The summed E-state index contributed by atoms with van der Waals surface area (Å²) in [6, 6.07) is 12.0. The summed E-state index contributed by atoms with van der Waals surface area (Å²) in [7, 11) is -3.82. The molecule has 34 heavy (non-hydrogen) atoms. The summed E-state index contributed by atoms with van der Waals surface area (Å²) in [6.45, 7) is 8.40. The Morgan fingerprint density at radius 3 is 2.56 bits per heavy atom. The molecule has 4 unspecified atom stereocenters. The summed E-state index contributed by atoms with van der Waals surface area (Å²) in [5.74, 6) is 0.760. The van der Waals surface area contributed by atoms with Gasteiger partial charge in [-0.1, -0.05) is 55.2 Å². The molecule has 0 saturated heterocycles. The fraction of sp³-hybridized carbons (Fsp3) is 0.440. The quantitative estimate of drug-likeness (QED) is 0.317. The maximum atomic E-state index is 12.9. The second kappa shape index (κ2) is 11.1. The molecule has 2 aromatic rings. The molecule has 5 nitrogen and oxygen atoms in total. The molecule has 0 spiro atoms. The molecule has 3 rings (SSSR count). The molecular weight excluding hydrogens is 515 g/mol. The molecule has 0 aromatic heterocycles. The van der Waals surface area contributed by atoms with Gasteiger partial charge in [-0.25, -0.2) is 13.1 Å². The number of alkyl halides is 1. The Balaban J connectivity index is 1.74. The number of fused-ring (bicyclic) bond motifs is 1. The minimum absolute atomic E-state index is 0.00119. The Morgan fingerprint density at radius 2 is 1.88 bits per heavy atom. The number of anilines is 1. The van der Waals surface area contributed by atoms with Crippen LogP contribution >= 0.6 is 34.8 Å². The van der Waals surface area contributed by atoms with E-state index in [0.29, 0.717) is 24.4 Å². The maximum absolute atomic E-state index is 12.9. The van der Waals surface area contributed by atoms with Crippen LogP contribution in [0.3, 0.4) is 0 Å². The number of para-hydroxylation sites is 1. The van der Waals surface area contributed by atoms with Crippen LogP contribution in [0.5, 0.6) is 0 Å². The molecule has 1 heterocycles. The predicted molar refractivity (Wildman–Crippen MR) is 142 cm³/mol. The van der Waals surface area contributed by atoms with Gasteiger partial charge in [-0.15, -0.1) is 11.6 Å². The number of sulfonamides is 1. The third-order valence-corrected chi connectivity index (χ3v) is 8.87. The van der Waals surface area contributed by atoms with Crippen molar-refractivity contribution >= 4 is 56.6 Å². The summed E-state index contributed by atoms with van der Waals surface area (Å²) in [5, 5.41) is 3.83. The number of hydrogen-bond donors (Lipinski definition) is 2. The zero-order valence-corrected chi connectivity index (χ0v) is 22.8. The topological polar surface area (TPSA) is 67.4 Å². The summed E-state index contributed by atoms with van der Waals surface area (Å²) in [5.41, 5.74) is 2.12. The normalized spacial score (nSPS) is 18.0. The van der Waals surface area contributed by atoms with Crippen molar-refractivity contribution in [2.24, 2.45) is 5.92 Å². The van der Waals surface area contributed by atoms with E-state index in [2.05, 4.69) is 10.0 Å². The van der Waals surface area contributed by atoms with Gasteiger partial charge in [0.1, 0.15) is 16.8 Å². The molecule has 0 amide bonds. The van der Waals surface area contributed by atoms with E-state index >= 15 is 0 Å². The molecule has 186 valence electrons.